The Morgan fingerprint density at radius 2 is 1.80 bits per heavy atom. The molecule has 0 spiro atoms. The molecule has 0 amide bonds. The van der Waals surface area contributed by atoms with Gasteiger partial charge in [-0.3, -0.25) is 4.99 Å². The van der Waals surface area contributed by atoms with Gasteiger partial charge in [0.05, 0.1) is 23.3 Å². The van der Waals surface area contributed by atoms with Crippen LogP contribution >= 0.6 is 12.4 Å². The molecule has 2 aromatic rings. The molecule has 30 heavy (non-hydrogen) atoms. The molecule has 2 aromatic carbocycles. The number of fused-ring (bicyclic) bond motifs is 3. The number of nitrogens with zero attached hydrogens (tertiary/aromatic N) is 1. The van der Waals surface area contributed by atoms with Crippen molar-refractivity contribution in [2.75, 3.05) is 13.4 Å². The molecule has 2 aliphatic heterocycles. The molecule has 0 aromatic heterocycles. The summed E-state index contributed by atoms with van der Waals surface area (Å²) in [6.45, 7) is 8.31. The highest BCUT2D eigenvalue weighted by Gasteiger charge is 2.39. The van der Waals surface area contributed by atoms with Crippen molar-refractivity contribution < 1.29 is 17.9 Å². The first kappa shape index (κ1) is 22.6. The normalized spacial score (nSPS) is 18.4. The van der Waals surface area contributed by atoms with Crippen molar-refractivity contribution >= 4 is 28.0 Å². The van der Waals surface area contributed by atoms with E-state index in [4.69, 9.17) is 14.5 Å². The molecular formula is C23H28ClNO4S. The van der Waals surface area contributed by atoms with Gasteiger partial charge in [0.25, 0.3) is 0 Å². The number of aliphatic imine (C=N–C) groups is 1. The molecule has 0 saturated heterocycles. The molecule has 0 aliphatic carbocycles. The number of methoxy groups -OCH3 is 1. The van der Waals surface area contributed by atoms with Gasteiger partial charge in [0.1, 0.15) is 5.60 Å². The van der Waals surface area contributed by atoms with Gasteiger partial charge in [-0.1, -0.05) is 12.1 Å². The van der Waals surface area contributed by atoms with Crippen molar-refractivity contribution in [1.29, 1.82) is 0 Å². The number of hydrogen-bond donors (Lipinski definition) is 0. The molecule has 0 unspecified atom stereocenters. The Bertz CT molecular complexity index is 1150. The molecule has 2 heterocycles. The molecule has 162 valence electrons. The Hall–Kier alpha value is -2.05. The zero-order valence-corrected chi connectivity index (χ0v) is 19.8. The van der Waals surface area contributed by atoms with Crippen LogP contribution < -0.4 is 9.47 Å². The molecule has 2 aliphatic rings. The zero-order valence-electron chi connectivity index (χ0n) is 18.2. The summed E-state index contributed by atoms with van der Waals surface area (Å²) in [6, 6.07) is 9.10. The minimum atomic E-state index is -3.31. The molecular weight excluding hydrogens is 422 g/mol. The van der Waals surface area contributed by atoms with Gasteiger partial charge in [-0.05, 0) is 57.9 Å². The average molecular weight is 450 g/mol. The van der Waals surface area contributed by atoms with E-state index < -0.39 is 9.84 Å². The first-order valence-corrected chi connectivity index (χ1v) is 11.6. The predicted octanol–water partition coefficient (Wildman–Crippen LogP) is 4.41. The quantitative estimate of drug-likeness (QED) is 0.696. The van der Waals surface area contributed by atoms with E-state index in [-0.39, 0.29) is 23.5 Å². The van der Waals surface area contributed by atoms with Gasteiger partial charge in [0.2, 0.25) is 0 Å². The van der Waals surface area contributed by atoms with Gasteiger partial charge in [0.15, 0.2) is 21.3 Å². The van der Waals surface area contributed by atoms with Crippen LogP contribution in [0.2, 0.25) is 0 Å². The van der Waals surface area contributed by atoms with Crippen molar-refractivity contribution in [3.05, 3.63) is 52.6 Å². The van der Waals surface area contributed by atoms with E-state index in [2.05, 4.69) is 27.7 Å². The Labute approximate surface area is 184 Å². The summed E-state index contributed by atoms with van der Waals surface area (Å²) in [6.07, 6.45) is 2.75. The van der Waals surface area contributed by atoms with Crippen LogP contribution in [0.1, 0.15) is 49.9 Å². The Kier molecular flexibility index (Phi) is 5.49. The summed E-state index contributed by atoms with van der Waals surface area (Å²) in [5.74, 6) is 1.51. The van der Waals surface area contributed by atoms with Crippen molar-refractivity contribution in [2.24, 2.45) is 4.99 Å². The second-order valence-corrected chi connectivity index (χ2v) is 11.2. The number of hydrogen-bond acceptors (Lipinski definition) is 5. The predicted molar refractivity (Wildman–Crippen MR) is 122 cm³/mol. The van der Waals surface area contributed by atoms with E-state index in [1.807, 2.05) is 12.1 Å². The summed E-state index contributed by atoms with van der Waals surface area (Å²) in [4.78, 5) is 5.35. The van der Waals surface area contributed by atoms with E-state index >= 15 is 0 Å². The van der Waals surface area contributed by atoms with Crippen molar-refractivity contribution in [3.63, 3.8) is 0 Å². The van der Waals surface area contributed by atoms with Crippen LogP contribution in [0, 0.1) is 0 Å². The maximum Gasteiger partial charge on any atom is 0.175 e. The third-order valence-electron chi connectivity index (χ3n) is 5.44. The highest BCUT2D eigenvalue weighted by atomic mass is 35.5. The molecule has 0 fully saturated rings. The van der Waals surface area contributed by atoms with E-state index in [1.165, 1.54) is 6.26 Å². The van der Waals surface area contributed by atoms with Gasteiger partial charge in [-0.15, -0.1) is 12.4 Å². The second kappa shape index (κ2) is 7.27. The number of rotatable bonds is 3. The Balaban J connectivity index is 0.00000256. The summed E-state index contributed by atoms with van der Waals surface area (Å²) < 4.78 is 36.1. The van der Waals surface area contributed by atoms with Gasteiger partial charge < -0.3 is 9.47 Å². The number of ether oxygens (including phenoxy) is 2. The van der Waals surface area contributed by atoms with Crippen molar-refractivity contribution in [1.82, 2.24) is 0 Å². The average Bonchev–Trinajstić information content (AvgIpc) is 2.93. The maximum absolute atomic E-state index is 12.1. The minimum Gasteiger partial charge on any atom is -0.493 e. The SMILES string of the molecule is COc1cc2c(c3c1OC(C)(C)C3)C(c1cccc(S(C)(=O)=O)c1)=NC(C)(C)C2.Cl. The molecule has 4 rings (SSSR count). The monoisotopic (exact) mass is 449 g/mol. The minimum absolute atomic E-state index is 0. The standard InChI is InChI=1S/C23H27NO4S.ClH/c1-22(2)12-15-11-18(27-5)21-17(13-23(3,4)28-21)19(15)20(24-22)14-8-7-9-16(10-14)29(6,25)26;/h7-11H,12-13H2,1-6H3;1H. The van der Waals surface area contributed by atoms with Gasteiger partial charge in [-0.25, -0.2) is 8.42 Å². The summed E-state index contributed by atoms with van der Waals surface area (Å²) in [5.41, 5.74) is 4.28. The first-order valence-electron chi connectivity index (χ1n) is 9.73. The first-order chi connectivity index (χ1) is 13.4. The van der Waals surface area contributed by atoms with Crippen LogP contribution in [0.3, 0.4) is 0 Å². The summed E-state index contributed by atoms with van der Waals surface area (Å²) in [5, 5.41) is 0. The Morgan fingerprint density at radius 1 is 1.10 bits per heavy atom. The molecule has 0 radical (unpaired) electrons. The lowest BCUT2D eigenvalue weighted by atomic mass is 9.81. The fourth-order valence-electron chi connectivity index (χ4n) is 4.30. The molecule has 0 bridgehead atoms. The maximum atomic E-state index is 12.1. The van der Waals surface area contributed by atoms with Crippen LogP contribution in [0.15, 0.2) is 40.2 Å². The molecule has 0 N–H and O–H groups in total. The fourth-order valence-corrected chi connectivity index (χ4v) is 4.97. The van der Waals surface area contributed by atoms with E-state index in [0.717, 1.165) is 52.3 Å². The summed E-state index contributed by atoms with van der Waals surface area (Å²) in [7, 11) is -1.65. The highest BCUT2D eigenvalue weighted by Crippen LogP contribution is 2.47. The highest BCUT2D eigenvalue weighted by molar-refractivity contribution is 7.90. The van der Waals surface area contributed by atoms with Gasteiger partial charge >= 0.3 is 0 Å². The number of benzene rings is 2. The smallest absolute Gasteiger partial charge is 0.175 e. The lowest BCUT2D eigenvalue weighted by molar-refractivity contribution is 0.134. The van der Waals surface area contributed by atoms with Gasteiger partial charge in [-0.2, -0.15) is 0 Å². The van der Waals surface area contributed by atoms with E-state index in [0.29, 0.717) is 4.90 Å². The van der Waals surface area contributed by atoms with Crippen molar-refractivity contribution in [2.45, 2.75) is 56.6 Å². The van der Waals surface area contributed by atoms with E-state index in [9.17, 15) is 8.42 Å². The molecule has 7 heteroatoms. The van der Waals surface area contributed by atoms with Crippen LogP contribution in [-0.4, -0.2) is 38.6 Å². The topological polar surface area (TPSA) is 65.0 Å². The summed E-state index contributed by atoms with van der Waals surface area (Å²) >= 11 is 0. The molecule has 0 atom stereocenters. The number of halogens is 1. The fraction of sp³-hybridized carbons (Fsp3) is 0.435. The Morgan fingerprint density at radius 3 is 2.43 bits per heavy atom. The van der Waals surface area contributed by atoms with Crippen molar-refractivity contribution in [3.8, 4) is 11.5 Å². The van der Waals surface area contributed by atoms with Crippen LogP contribution in [0.25, 0.3) is 0 Å². The third-order valence-corrected chi connectivity index (χ3v) is 6.55. The van der Waals surface area contributed by atoms with Gasteiger partial charge in [0, 0.05) is 29.4 Å². The number of sulfone groups is 1. The zero-order chi connectivity index (χ0) is 21.2. The van der Waals surface area contributed by atoms with E-state index in [1.54, 1.807) is 25.3 Å². The third kappa shape index (κ3) is 3.95. The lowest BCUT2D eigenvalue weighted by Crippen LogP contribution is -2.30. The van der Waals surface area contributed by atoms with Crippen LogP contribution in [-0.2, 0) is 22.7 Å². The second-order valence-electron chi connectivity index (χ2n) is 9.21. The van der Waals surface area contributed by atoms with Crippen LogP contribution in [0.5, 0.6) is 11.5 Å². The molecule has 5 nitrogen and oxygen atoms in total. The lowest BCUT2D eigenvalue weighted by Gasteiger charge is -2.31. The largest absolute Gasteiger partial charge is 0.493 e. The molecule has 0 saturated carbocycles. The van der Waals surface area contributed by atoms with Crippen LogP contribution in [0.4, 0.5) is 0 Å².